The van der Waals surface area contributed by atoms with Crippen LogP contribution in [-0.4, -0.2) is 30.9 Å². The zero-order valence-electron chi connectivity index (χ0n) is 8.77. The highest BCUT2D eigenvalue weighted by atomic mass is 35.5. The van der Waals surface area contributed by atoms with E-state index in [4.69, 9.17) is 16.3 Å². The van der Waals surface area contributed by atoms with Gasteiger partial charge in [-0.25, -0.2) is 0 Å². The van der Waals surface area contributed by atoms with Crippen LogP contribution in [0.15, 0.2) is 18.2 Å². The molecule has 1 heterocycles. The van der Waals surface area contributed by atoms with E-state index >= 15 is 0 Å². The molecule has 2 unspecified atom stereocenters. The molecule has 82 valence electrons. The minimum atomic E-state index is -0.194. The van der Waals surface area contributed by atoms with Gasteiger partial charge < -0.3 is 14.7 Å². The molecule has 1 aromatic rings. The largest absolute Gasteiger partial charge is 0.484 e. The molecular weight excluding hydrogens is 214 g/mol. The van der Waals surface area contributed by atoms with Crippen molar-refractivity contribution < 1.29 is 9.84 Å². The number of ether oxygens (including phenoxy) is 1. The molecule has 2 rings (SSSR count). The lowest BCUT2D eigenvalue weighted by Gasteiger charge is -2.39. The van der Waals surface area contributed by atoms with Crippen LogP contribution in [0.25, 0.3) is 0 Å². The van der Waals surface area contributed by atoms with Crippen molar-refractivity contribution in [2.75, 3.05) is 18.6 Å². The fourth-order valence-corrected chi connectivity index (χ4v) is 1.96. The standard InChI is InChI=1S/C11H14ClNO2/c1-7-11(6-14)15-10-5-8(12)3-4-9(10)13(7)2/h3-5,7,11,14H,6H2,1-2H3. The third kappa shape index (κ3) is 1.77. The molecule has 1 N–H and O–H groups in total. The van der Waals surface area contributed by atoms with Gasteiger partial charge in [-0.1, -0.05) is 11.6 Å². The Balaban J connectivity index is 2.40. The van der Waals surface area contributed by atoms with Gasteiger partial charge in [-0.2, -0.15) is 0 Å². The molecule has 15 heavy (non-hydrogen) atoms. The van der Waals surface area contributed by atoms with Crippen molar-refractivity contribution in [1.82, 2.24) is 0 Å². The number of fused-ring (bicyclic) bond motifs is 1. The zero-order valence-corrected chi connectivity index (χ0v) is 9.53. The van der Waals surface area contributed by atoms with E-state index in [1.807, 2.05) is 26.1 Å². The zero-order chi connectivity index (χ0) is 11.0. The minimum Gasteiger partial charge on any atom is -0.484 e. The fourth-order valence-electron chi connectivity index (χ4n) is 1.79. The summed E-state index contributed by atoms with van der Waals surface area (Å²) in [5, 5.41) is 9.84. The number of likely N-dealkylation sites (N-methyl/N-ethyl adjacent to an activating group) is 1. The number of aliphatic hydroxyl groups is 1. The summed E-state index contributed by atoms with van der Waals surface area (Å²) in [5.74, 6) is 0.738. The first-order chi connectivity index (χ1) is 7.13. The summed E-state index contributed by atoms with van der Waals surface area (Å²) in [6.45, 7) is 2.04. The number of benzene rings is 1. The Kier molecular flexibility index (Phi) is 2.76. The van der Waals surface area contributed by atoms with Crippen molar-refractivity contribution in [2.45, 2.75) is 19.1 Å². The predicted octanol–water partition coefficient (Wildman–Crippen LogP) is 1.92. The molecule has 0 fully saturated rings. The van der Waals surface area contributed by atoms with Crippen LogP contribution in [0, 0.1) is 0 Å². The number of anilines is 1. The molecule has 1 aliphatic rings. The van der Waals surface area contributed by atoms with E-state index in [-0.39, 0.29) is 18.8 Å². The van der Waals surface area contributed by atoms with Crippen LogP contribution in [0.4, 0.5) is 5.69 Å². The van der Waals surface area contributed by atoms with Crippen LogP contribution in [0.3, 0.4) is 0 Å². The average molecular weight is 228 g/mol. The second-order valence-corrected chi connectivity index (χ2v) is 4.24. The molecule has 0 saturated carbocycles. The molecule has 0 spiro atoms. The lowest BCUT2D eigenvalue weighted by Crippen LogP contribution is -2.47. The highest BCUT2D eigenvalue weighted by molar-refractivity contribution is 6.30. The Morgan fingerprint density at radius 2 is 2.27 bits per heavy atom. The number of aliphatic hydroxyl groups excluding tert-OH is 1. The van der Waals surface area contributed by atoms with E-state index in [0.29, 0.717) is 5.02 Å². The van der Waals surface area contributed by atoms with Gasteiger partial charge in [0.05, 0.1) is 18.3 Å². The molecule has 1 aromatic carbocycles. The molecule has 0 aliphatic carbocycles. The summed E-state index contributed by atoms with van der Waals surface area (Å²) in [6.07, 6.45) is -0.194. The summed E-state index contributed by atoms with van der Waals surface area (Å²) < 4.78 is 5.67. The van der Waals surface area contributed by atoms with Gasteiger partial charge in [0.25, 0.3) is 0 Å². The van der Waals surface area contributed by atoms with Crippen LogP contribution in [-0.2, 0) is 0 Å². The molecular formula is C11H14ClNO2. The second kappa shape index (κ2) is 3.91. The summed E-state index contributed by atoms with van der Waals surface area (Å²) in [5.41, 5.74) is 1.01. The second-order valence-electron chi connectivity index (χ2n) is 3.80. The summed E-state index contributed by atoms with van der Waals surface area (Å²) >= 11 is 5.89. The Labute approximate surface area is 94.2 Å². The number of rotatable bonds is 1. The maximum atomic E-state index is 9.19. The van der Waals surface area contributed by atoms with E-state index in [1.165, 1.54) is 0 Å². The van der Waals surface area contributed by atoms with E-state index in [0.717, 1.165) is 11.4 Å². The van der Waals surface area contributed by atoms with Crippen LogP contribution in [0.5, 0.6) is 5.75 Å². The topological polar surface area (TPSA) is 32.7 Å². The molecule has 3 nitrogen and oxygen atoms in total. The summed E-state index contributed by atoms with van der Waals surface area (Å²) in [7, 11) is 1.99. The van der Waals surface area contributed by atoms with Crippen LogP contribution >= 0.6 is 11.6 Å². The molecule has 2 atom stereocenters. The smallest absolute Gasteiger partial charge is 0.144 e. The molecule has 0 radical (unpaired) electrons. The third-order valence-corrected chi connectivity index (χ3v) is 3.14. The third-order valence-electron chi connectivity index (χ3n) is 2.91. The quantitative estimate of drug-likeness (QED) is 0.796. The van der Waals surface area contributed by atoms with Crippen molar-refractivity contribution in [2.24, 2.45) is 0 Å². The predicted molar refractivity (Wildman–Crippen MR) is 60.8 cm³/mol. The van der Waals surface area contributed by atoms with Gasteiger partial charge in [0.15, 0.2) is 0 Å². The highest BCUT2D eigenvalue weighted by Crippen LogP contribution is 2.36. The Hall–Kier alpha value is -0.930. The van der Waals surface area contributed by atoms with Gasteiger partial charge in [-0.05, 0) is 19.1 Å². The summed E-state index contributed by atoms with van der Waals surface area (Å²) in [6, 6.07) is 5.71. The van der Waals surface area contributed by atoms with E-state index in [2.05, 4.69) is 4.90 Å². The Bertz CT molecular complexity index is 370. The Morgan fingerprint density at radius 1 is 1.53 bits per heavy atom. The van der Waals surface area contributed by atoms with Gasteiger partial charge in [-0.15, -0.1) is 0 Å². The molecule has 0 aromatic heterocycles. The SMILES string of the molecule is CC1C(CO)Oc2cc(Cl)ccc2N1C. The van der Waals surface area contributed by atoms with Gasteiger partial charge in [0, 0.05) is 18.1 Å². The molecule has 0 bridgehead atoms. The normalized spacial score (nSPS) is 24.7. The number of hydrogen-bond acceptors (Lipinski definition) is 3. The number of nitrogens with zero attached hydrogens (tertiary/aromatic N) is 1. The number of hydrogen-bond donors (Lipinski definition) is 1. The first-order valence-corrected chi connectivity index (χ1v) is 5.31. The van der Waals surface area contributed by atoms with Crippen molar-refractivity contribution in [3.63, 3.8) is 0 Å². The first kappa shape index (κ1) is 10.6. The number of halogens is 1. The van der Waals surface area contributed by atoms with Crippen molar-refractivity contribution in [1.29, 1.82) is 0 Å². The van der Waals surface area contributed by atoms with Gasteiger partial charge >= 0.3 is 0 Å². The summed E-state index contributed by atoms with van der Waals surface area (Å²) in [4.78, 5) is 2.09. The maximum absolute atomic E-state index is 9.19. The van der Waals surface area contributed by atoms with Crippen LogP contribution < -0.4 is 9.64 Å². The van der Waals surface area contributed by atoms with E-state index in [9.17, 15) is 5.11 Å². The lowest BCUT2D eigenvalue weighted by molar-refractivity contribution is 0.0889. The van der Waals surface area contributed by atoms with Gasteiger partial charge in [0.2, 0.25) is 0 Å². The van der Waals surface area contributed by atoms with Crippen molar-refractivity contribution in [3.8, 4) is 5.75 Å². The van der Waals surface area contributed by atoms with Crippen molar-refractivity contribution >= 4 is 17.3 Å². The van der Waals surface area contributed by atoms with E-state index in [1.54, 1.807) is 6.07 Å². The lowest BCUT2D eigenvalue weighted by atomic mass is 10.1. The van der Waals surface area contributed by atoms with Crippen LogP contribution in [0.1, 0.15) is 6.92 Å². The minimum absolute atomic E-state index is 0.0114. The van der Waals surface area contributed by atoms with E-state index < -0.39 is 0 Å². The van der Waals surface area contributed by atoms with Gasteiger partial charge in [-0.3, -0.25) is 0 Å². The molecule has 1 aliphatic heterocycles. The highest BCUT2D eigenvalue weighted by Gasteiger charge is 2.29. The molecule has 4 heteroatoms. The van der Waals surface area contributed by atoms with Crippen molar-refractivity contribution in [3.05, 3.63) is 23.2 Å². The Morgan fingerprint density at radius 3 is 2.93 bits per heavy atom. The molecule has 0 saturated heterocycles. The van der Waals surface area contributed by atoms with Crippen LogP contribution in [0.2, 0.25) is 5.02 Å². The first-order valence-electron chi connectivity index (χ1n) is 4.93. The van der Waals surface area contributed by atoms with Gasteiger partial charge in [0.1, 0.15) is 11.9 Å². The fraction of sp³-hybridized carbons (Fsp3) is 0.455. The average Bonchev–Trinajstić information content (AvgIpc) is 2.23. The molecule has 0 amide bonds. The monoisotopic (exact) mass is 227 g/mol. The maximum Gasteiger partial charge on any atom is 0.144 e.